The fourth-order valence-corrected chi connectivity index (χ4v) is 19.2. The third kappa shape index (κ3) is 12.1. The van der Waals surface area contributed by atoms with Gasteiger partial charge in [-0.25, -0.2) is 0 Å². The van der Waals surface area contributed by atoms with Crippen molar-refractivity contribution in [1.29, 1.82) is 0 Å². The van der Waals surface area contributed by atoms with E-state index in [9.17, 15) is 4.79 Å². The first-order valence-corrected chi connectivity index (χ1v) is 19.5. The van der Waals surface area contributed by atoms with Gasteiger partial charge in [0.2, 0.25) is 0 Å². The van der Waals surface area contributed by atoms with Crippen LogP contribution in [0.5, 0.6) is 0 Å². The molecule has 0 heterocycles. The number of carbonyl (C=O) groups is 1. The van der Waals surface area contributed by atoms with Crippen LogP contribution < -0.4 is 0 Å². The van der Waals surface area contributed by atoms with Gasteiger partial charge < -0.3 is 0 Å². The van der Waals surface area contributed by atoms with Gasteiger partial charge in [0, 0.05) is 0 Å². The molecule has 0 saturated carbocycles. The van der Waals surface area contributed by atoms with Crippen LogP contribution in [0, 0.1) is 0 Å². The van der Waals surface area contributed by atoms with Crippen molar-refractivity contribution < 1.29 is 24.0 Å². The standard InChI is InChI=1S/C12H21O5.3C4H9.Sn/c1-6-7-11(8-9-15-10(2)13)16-17-12(3,4)14-5;3*1-3-4-2;/h8,11H,6-7H2,1-5H3;3*1,3-4H2,2H3;. The Kier molecular flexibility index (Phi) is 16.5. The molecule has 1 atom stereocenters. The van der Waals surface area contributed by atoms with Crippen molar-refractivity contribution >= 4 is 24.3 Å². The molecule has 0 radical (unpaired) electrons. The predicted octanol–water partition coefficient (Wildman–Crippen LogP) is 7.32. The Bertz CT molecular complexity index is 468. The summed E-state index contributed by atoms with van der Waals surface area (Å²) in [6.45, 7) is 14.0. The van der Waals surface area contributed by atoms with Gasteiger partial charge in [-0.2, -0.15) is 0 Å². The first kappa shape index (κ1) is 29.9. The Morgan fingerprint density at radius 1 is 0.933 bits per heavy atom. The van der Waals surface area contributed by atoms with Gasteiger partial charge >= 0.3 is 190 Å². The van der Waals surface area contributed by atoms with Gasteiger partial charge in [-0.05, 0) is 0 Å². The van der Waals surface area contributed by atoms with Crippen molar-refractivity contribution in [3.8, 4) is 0 Å². The number of rotatable bonds is 18. The van der Waals surface area contributed by atoms with Crippen molar-refractivity contribution in [3.63, 3.8) is 0 Å². The first-order valence-electron chi connectivity index (χ1n) is 12.0. The summed E-state index contributed by atoms with van der Waals surface area (Å²) in [5.41, 5.74) is 0. The number of ether oxygens (including phenoxy) is 2. The third-order valence-corrected chi connectivity index (χ3v) is 20.6. The van der Waals surface area contributed by atoms with E-state index in [0.29, 0.717) is 0 Å². The molecule has 0 aliphatic carbocycles. The summed E-state index contributed by atoms with van der Waals surface area (Å²) in [7, 11) is 1.60. The number of methoxy groups -OCH3 is 1. The van der Waals surface area contributed by atoms with E-state index in [1.165, 1.54) is 58.8 Å². The molecule has 6 heteroatoms. The van der Waals surface area contributed by atoms with E-state index in [4.69, 9.17) is 19.2 Å². The van der Waals surface area contributed by atoms with Crippen LogP contribution in [0.3, 0.4) is 0 Å². The second-order valence-corrected chi connectivity index (χ2v) is 21.8. The monoisotopic (exact) mass is 536 g/mol. The van der Waals surface area contributed by atoms with Gasteiger partial charge in [0.1, 0.15) is 0 Å². The van der Waals surface area contributed by atoms with Crippen LogP contribution in [0.1, 0.15) is 99.8 Å². The molecule has 0 rings (SSSR count). The topological polar surface area (TPSA) is 54.0 Å². The average Bonchev–Trinajstić information content (AvgIpc) is 2.71. The summed E-state index contributed by atoms with van der Waals surface area (Å²) in [5, 5.41) is 0. The van der Waals surface area contributed by atoms with E-state index in [-0.39, 0.29) is 12.1 Å². The van der Waals surface area contributed by atoms with Crippen molar-refractivity contribution in [3.05, 3.63) is 9.85 Å². The molecular formula is C24H48O5Sn. The van der Waals surface area contributed by atoms with Crippen LogP contribution in [0.15, 0.2) is 9.85 Å². The molecule has 0 saturated heterocycles. The van der Waals surface area contributed by atoms with Gasteiger partial charge in [0.15, 0.2) is 0 Å². The minimum absolute atomic E-state index is 0.222. The number of hydrogen-bond donors (Lipinski definition) is 0. The summed E-state index contributed by atoms with van der Waals surface area (Å²) in [5.74, 6) is -1.05. The fraction of sp³-hybridized carbons (Fsp3) is 0.875. The first-order chi connectivity index (χ1) is 14.2. The van der Waals surface area contributed by atoms with Crippen LogP contribution >= 0.6 is 0 Å². The van der Waals surface area contributed by atoms with Gasteiger partial charge in [-0.1, -0.05) is 0 Å². The summed E-state index contributed by atoms with van der Waals surface area (Å²) in [6, 6.07) is 0. The van der Waals surface area contributed by atoms with Crippen LogP contribution in [0.4, 0.5) is 0 Å². The molecular weight excluding hydrogens is 487 g/mol. The SMILES string of the molecule is CCC[CH2][Sn]([CH2]CCC)([CH2]CCC)/[C](=C/C(CCC)OOC(C)(C)OC)OC(C)=O. The Labute approximate surface area is 190 Å². The van der Waals surface area contributed by atoms with Gasteiger partial charge in [0.05, 0.1) is 0 Å². The van der Waals surface area contributed by atoms with Gasteiger partial charge in [0.25, 0.3) is 0 Å². The van der Waals surface area contributed by atoms with E-state index in [2.05, 4.69) is 33.8 Å². The Morgan fingerprint density at radius 2 is 1.43 bits per heavy atom. The number of carbonyl (C=O) groups excluding carboxylic acids is 1. The summed E-state index contributed by atoms with van der Waals surface area (Å²) >= 11 is -2.91. The Balaban J connectivity index is 6.07. The fourth-order valence-electron chi connectivity index (χ4n) is 3.59. The normalized spacial score (nSPS) is 14.1. The molecule has 0 amide bonds. The van der Waals surface area contributed by atoms with E-state index in [0.717, 1.165) is 16.6 Å². The number of unbranched alkanes of at least 4 members (excludes halogenated alkanes) is 3. The molecule has 30 heavy (non-hydrogen) atoms. The van der Waals surface area contributed by atoms with Crippen LogP contribution in [-0.4, -0.2) is 43.3 Å². The van der Waals surface area contributed by atoms with Crippen molar-refractivity contribution in [1.82, 2.24) is 0 Å². The zero-order valence-corrected chi connectivity index (χ0v) is 23.8. The molecule has 0 N–H and O–H groups in total. The zero-order valence-electron chi connectivity index (χ0n) is 21.0. The van der Waals surface area contributed by atoms with Crippen LogP contribution in [0.2, 0.25) is 13.3 Å². The molecule has 5 nitrogen and oxygen atoms in total. The van der Waals surface area contributed by atoms with Crippen LogP contribution in [-0.2, 0) is 24.0 Å². The van der Waals surface area contributed by atoms with E-state index >= 15 is 0 Å². The maximum absolute atomic E-state index is 12.1. The molecule has 178 valence electrons. The van der Waals surface area contributed by atoms with Crippen LogP contribution in [0.25, 0.3) is 0 Å². The van der Waals surface area contributed by atoms with E-state index in [1.807, 2.05) is 13.8 Å². The summed E-state index contributed by atoms with van der Waals surface area (Å²) in [4.78, 5) is 23.5. The number of esters is 1. The van der Waals surface area contributed by atoms with Gasteiger partial charge in [-0.3, -0.25) is 0 Å². The molecule has 0 aromatic carbocycles. The third-order valence-electron chi connectivity index (χ3n) is 5.58. The Hall–Kier alpha value is -0.111. The second-order valence-electron chi connectivity index (χ2n) is 8.83. The summed E-state index contributed by atoms with van der Waals surface area (Å²) < 4.78 is 16.0. The van der Waals surface area contributed by atoms with Crippen molar-refractivity contribution in [2.75, 3.05) is 7.11 Å². The average molecular weight is 535 g/mol. The maximum atomic E-state index is 12.1. The van der Waals surface area contributed by atoms with Crippen molar-refractivity contribution in [2.24, 2.45) is 0 Å². The molecule has 0 aromatic heterocycles. The molecule has 0 aromatic rings. The van der Waals surface area contributed by atoms with Crippen molar-refractivity contribution in [2.45, 2.75) is 125 Å². The predicted molar refractivity (Wildman–Crippen MR) is 127 cm³/mol. The molecule has 0 aliphatic heterocycles. The van der Waals surface area contributed by atoms with E-state index < -0.39 is 24.2 Å². The quantitative estimate of drug-likeness (QED) is 0.0460. The Morgan fingerprint density at radius 3 is 1.80 bits per heavy atom. The minimum atomic E-state index is -2.91. The number of hydrogen-bond acceptors (Lipinski definition) is 5. The molecule has 0 fully saturated rings. The van der Waals surface area contributed by atoms with E-state index in [1.54, 1.807) is 7.11 Å². The van der Waals surface area contributed by atoms with Gasteiger partial charge in [-0.15, -0.1) is 0 Å². The molecule has 0 spiro atoms. The second kappa shape index (κ2) is 16.5. The molecule has 0 aliphatic rings. The molecule has 0 bridgehead atoms. The zero-order chi connectivity index (χ0) is 23.0. The molecule has 1 unspecified atom stereocenters. The summed E-state index contributed by atoms with van der Waals surface area (Å²) in [6.07, 6.45) is 10.7.